The summed E-state index contributed by atoms with van der Waals surface area (Å²) in [5, 5.41) is 4.32. The summed E-state index contributed by atoms with van der Waals surface area (Å²) in [6.45, 7) is 12.0. The van der Waals surface area contributed by atoms with Crippen LogP contribution < -0.4 is 5.32 Å². The lowest BCUT2D eigenvalue weighted by Crippen LogP contribution is -2.29. The number of halogens is 1. The van der Waals surface area contributed by atoms with Crippen LogP contribution in [-0.4, -0.2) is 35.3 Å². The van der Waals surface area contributed by atoms with Crippen molar-refractivity contribution in [2.45, 2.75) is 41.5 Å². The molecule has 42 heavy (non-hydrogen) atoms. The molecule has 0 spiro atoms. The van der Waals surface area contributed by atoms with E-state index >= 15 is 0 Å². The summed E-state index contributed by atoms with van der Waals surface area (Å²) < 4.78 is 5.90. The van der Waals surface area contributed by atoms with Gasteiger partial charge in [0.25, 0.3) is 11.8 Å². The Hall–Kier alpha value is -4.42. The summed E-state index contributed by atoms with van der Waals surface area (Å²) >= 11 is 6.49. The summed E-state index contributed by atoms with van der Waals surface area (Å²) in [5.74, 6) is 1.08. The molecule has 6 nitrogen and oxygen atoms in total. The fraction of sp³-hybridized carbons (Fsp3) is 0.229. The second kappa shape index (κ2) is 13.0. The molecule has 0 fully saturated rings. The van der Waals surface area contributed by atoms with E-state index in [9.17, 15) is 9.59 Å². The van der Waals surface area contributed by atoms with Gasteiger partial charge in [0, 0.05) is 34.3 Å². The van der Waals surface area contributed by atoms with E-state index in [1.807, 2.05) is 78.0 Å². The number of amides is 2. The van der Waals surface area contributed by atoms with Gasteiger partial charge in [-0.15, -0.1) is 0 Å². The number of pyridine rings is 1. The zero-order chi connectivity index (χ0) is 30.6. The second-order valence-electron chi connectivity index (χ2n) is 10.6. The Bertz CT molecular complexity index is 1720. The molecule has 7 heteroatoms. The Morgan fingerprint density at radius 2 is 1.69 bits per heavy atom. The lowest BCUT2D eigenvalue weighted by Gasteiger charge is -2.21. The number of hydrogen-bond donors (Lipinski definition) is 1. The Balaban J connectivity index is 1.59. The van der Waals surface area contributed by atoms with Gasteiger partial charge in [-0.05, 0) is 101 Å². The van der Waals surface area contributed by atoms with E-state index in [1.165, 1.54) is 0 Å². The number of nitrogens with zero attached hydrogens (tertiary/aromatic N) is 2. The van der Waals surface area contributed by atoms with Crippen LogP contribution in [0.4, 0.5) is 5.69 Å². The van der Waals surface area contributed by atoms with Crippen molar-refractivity contribution in [2.75, 3.05) is 18.9 Å². The number of allylic oxidation sites excluding steroid dienone is 3. The van der Waals surface area contributed by atoms with Gasteiger partial charge in [-0.3, -0.25) is 9.59 Å². The number of ether oxygens (including phenoxy) is 1. The largest absolute Gasteiger partial charge is 0.465 e. The van der Waals surface area contributed by atoms with Crippen molar-refractivity contribution >= 4 is 40.0 Å². The minimum atomic E-state index is -0.276. The first kappa shape index (κ1) is 30.5. The number of fused-ring (bicyclic) bond motifs is 1. The molecule has 4 aromatic rings. The first-order valence-electron chi connectivity index (χ1n) is 13.8. The lowest BCUT2D eigenvalue weighted by atomic mass is 9.99. The van der Waals surface area contributed by atoms with Gasteiger partial charge in [-0.2, -0.15) is 0 Å². The fourth-order valence-corrected chi connectivity index (χ4v) is 4.86. The standard InChI is InChI=1S/C35H36ClN3O3/c1-8-24(6)42-32(21(2)3)20-39(7)35(41)25-13-15-26(16-14-25)37-34(40)29-19-31(27-11-9-10-12-30(27)36)38-33-23(5)17-22(4)18-28(29)33/h8-19H,20H2,1-7H3,(H,37,40)/b24-8-. The van der Waals surface area contributed by atoms with Gasteiger partial charge in [0.2, 0.25) is 0 Å². The number of hydrogen-bond acceptors (Lipinski definition) is 4. The van der Waals surface area contributed by atoms with E-state index in [0.29, 0.717) is 34.1 Å². The number of likely N-dealkylation sites (N-methyl/N-ethyl adjacent to an activating group) is 1. The topological polar surface area (TPSA) is 71.5 Å². The predicted molar refractivity (Wildman–Crippen MR) is 172 cm³/mol. The molecule has 0 radical (unpaired) electrons. The third-order valence-electron chi connectivity index (χ3n) is 7.01. The number of carbonyl (C=O) groups excluding carboxylic acids is 2. The Morgan fingerprint density at radius 3 is 2.33 bits per heavy atom. The first-order valence-corrected chi connectivity index (χ1v) is 14.2. The van der Waals surface area contributed by atoms with Crippen molar-refractivity contribution in [1.29, 1.82) is 0 Å². The molecule has 4 rings (SSSR count). The van der Waals surface area contributed by atoms with Crippen LogP contribution in [0.1, 0.15) is 59.5 Å². The monoisotopic (exact) mass is 581 g/mol. The first-order chi connectivity index (χ1) is 20.0. The lowest BCUT2D eigenvalue weighted by molar-refractivity contribution is 0.0786. The van der Waals surface area contributed by atoms with Crippen LogP contribution in [0.3, 0.4) is 0 Å². The van der Waals surface area contributed by atoms with Crippen LogP contribution in [0.25, 0.3) is 22.2 Å². The Morgan fingerprint density at radius 1 is 1.00 bits per heavy atom. The molecule has 1 N–H and O–H groups in total. The maximum absolute atomic E-state index is 13.7. The zero-order valence-corrected chi connectivity index (χ0v) is 25.9. The minimum absolute atomic E-state index is 0.149. The third-order valence-corrected chi connectivity index (χ3v) is 7.34. The van der Waals surface area contributed by atoms with E-state index in [0.717, 1.165) is 44.7 Å². The zero-order valence-electron chi connectivity index (χ0n) is 25.1. The summed E-state index contributed by atoms with van der Waals surface area (Å²) in [6.07, 6.45) is 1.88. The number of anilines is 1. The normalized spacial score (nSPS) is 11.3. The molecular weight excluding hydrogens is 546 g/mol. The summed E-state index contributed by atoms with van der Waals surface area (Å²) in [4.78, 5) is 33.3. The molecule has 0 saturated heterocycles. The highest BCUT2D eigenvalue weighted by molar-refractivity contribution is 6.33. The van der Waals surface area contributed by atoms with Crippen molar-refractivity contribution in [3.8, 4) is 11.3 Å². The highest BCUT2D eigenvalue weighted by Gasteiger charge is 2.19. The number of aryl methyl sites for hydroxylation is 2. The van der Waals surface area contributed by atoms with Crippen LogP contribution in [0.15, 0.2) is 89.9 Å². The van der Waals surface area contributed by atoms with Crippen molar-refractivity contribution in [3.63, 3.8) is 0 Å². The molecule has 3 aromatic carbocycles. The van der Waals surface area contributed by atoms with Gasteiger partial charge in [0.05, 0.1) is 29.1 Å². The van der Waals surface area contributed by atoms with Gasteiger partial charge < -0.3 is 15.0 Å². The molecule has 216 valence electrons. The van der Waals surface area contributed by atoms with Gasteiger partial charge >= 0.3 is 0 Å². The number of rotatable bonds is 8. The quantitative estimate of drug-likeness (QED) is 0.211. The summed E-state index contributed by atoms with van der Waals surface area (Å²) in [5.41, 5.74) is 6.71. The van der Waals surface area contributed by atoms with Crippen LogP contribution in [0, 0.1) is 13.8 Å². The number of carbonyl (C=O) groups is 2. The highest BCUT2D eigenvalue weighted by atomic mass is 35.5. The molecule has 0 atom stereocenters. The molecule has 0 unspecified atom stereocenters. The summed E-state index contributed by atoms with van der Waals surface area (Å²) in [7, 11) is 1.74. The molecule has 1 heterocycles. The van der Waals surface area contributed by atoms with E-state index in [2.05, 4.69) is 11.4 Å². The van der Waals surface area contributed by atoms with Crippen LogP contribution in [0.2, 0.25) is 5.02 Å². The molecule has 0 aliphatic heterocycles. The van der Waals surface area contributed by atoms with Gasteiger partial charge in [-0.25, -0.2) is 4.98 Å². The molecule has 0 aliphatic rings. The maximum Gasteiger partial charge on any atom is 0.256 e. The van der Waals surface area contributed by atoms with Crippen molar-refractivity contribution in [1.82, 2.24) is 9.88 Å². The van der Waals surface area contributed by atoms with Crippen molar-refractivity contribution in [2.24, 2.45) is 0 Å². The van der Waals surface area contributed by atoms with Crippen LogP contribution >= 0.6 is 11.6 Å². The van der Waals surface area contributed by atoms with Gasteiger partial charge in [0.1, 0.15) is 5.76 Å². The highest BCUT2D eigenvalue weighted by Crippen LogP contribution is 2.32. The van der Waals surface area contributed by atoms with E-state index in [-0.39, 0.29) is 11.8 Å². The second-order valence-corrected chi connectivity index (χ2v) is 11.0. The van der Waals surface area contributed by atoms with E-state index in [4.69, 9.17) is 21.3 Å². The Kier molecular flexibility index (Phi) is 9.48. The van der Waals surface area contributed by atoms with Gasteiger partial charge in [-0.1, -0.05) is 41.4 Å². The number of benzene rings is 3. The SMILES string of the molecule is C/C=C(/C)OC(CN(C)C(=O)c1ccc(NC(=O)c2cc(-c3ccccc3Cl)nc3c(C)cc(C)cc23)cc1)=C(C)C. The fourth-order valence-electron chi connectivity index (χ4n) is 4.62. The average Bonchev–Trinajstić information content (AvgIpc) is 2.96. The van der Waals surface area contributed by atoms with E-state index in [1.54, 1.807) is 42.3 Å². The van der Waals surface area contributed by atoms with Crippen molar-refractivity contribution < 1.29 is 14.3 Å². The number of aromatic nitrogens is 1. The summed E-state index contributed by atoms with van der Waals surface area (Å²) in [6, 6.07) is 20.1. The molecule has 1 aromatic heterocycles. The predicted octanol–water partition coefficient (Wildman–Crippen LogP) is 8.73. The average molecular weight is 582 g/mol. The molecule has 2 amide bonds. The molecule has 0 aliphatic carbocycles. The van der Waals surface area contributed by atoms with Crippen molar-refractivity contribution in [3.05, 3.63) is 117 Å². The smallest absolute Gasteiger partial charge is 0.256 e. The van der Waals surface area contributed by atoms with E-state index < -0.39 is 0 Å². The maximum atomic E-state index is 13.7. The third kappa shape index (κ3) is 6.89. The molecule has 0 saturated carbocycles. The van der Waals surface area contributed by atoms with Crippen LogP contribution in [0.5, 0.6) is 0 Å². The molecular formula is C35H36ClN3O3. The number of nitrogens with one attached hydrogen (secondary N) is 1. The van der Waals surface area contributed by atoms with Gasteiger partial charge in [0.15, 0.2) is 0 Å². The minimum Gasteiger partial charge on any atom is -0.465 e. The van der Waals surface area contributed by atoms with Crippen LogP contribution in [-0.2, 0) is 4.74 Å². The Labute approximate surface area is 252 Å². The molecule has 0 bridgehead atoms.